The van der Waals surface area contributed by atoms with Crippen molar-refractivity contribution in [2.75, 3.05) is 33.9 Å². The maximum Gasteiger partial charge on any atom is 0.490 e. The molecular formula is C45H58ClF3N2O9. The van der Waals surface area contributed by atoms with Gasteiger partial charge in [0.1, 0.15) is 18.1 Å². The summed E-state index contributed by atoms with van der Waals surface area (Å²) in [7, 11) is 2.74. The first-order valence-corrected chi connectivity index (χ1v) is 19.9. The molecule has 0 spiro atoms. The number of carboxylic acids is 1. The molecule has 0 radical (unpaired) electrons. The van der Waals surface area contributed by atoms with Crippen molar-refractivity contribution in [1.82, 2.24) is 10.2 Å². The maximum absolute atomic E-state index is 13.2. The average Bonchev–Trinajstić information content (AvgIpc) is 3.25. The summed E-state index contributed by atoms with van der Waals surface area (Å²) in [5.74, 6) is -1.75. The zero-order valence-electron chi connectivity index (χ0n) is 34.9. The van der Waals surface area contributed by atoms with Crippen LogP contribution in [0.15, 0.2) is 78.9 Å². The Hall–Kier alpha value is -4.79. The summed E-state index contributed by atoms with van der Waals surface area (Å²) in [6, 6.07) is 24.6. The molecule has 2 fully saturated rings. The summed E-state index contributed by atoms with van der Waals surface area (Å²) in [4.78, 5) is 59.7. The number of ketones is 2. The van der Waals surface area contributed by atoms with E-state index < -0.39 is 12.1 Å². The standard InChI is InChI=1S/C26H33NO4.C17H23NO3.C2HF3O2.ClH/c1-19(21-12-14-22(15-13-21)26(29)30-3)17-25(28)24-11-7-8-16-27(24)20(2)18-31-23-9-5-4-6-10-23;1-12(11-16(19)15-5-3-4-10-18-15)13-6-8-14(9-7-13)17(20)21-2;3-2(4,5)1(6)7;/h4-6,9-10,12-15,19-20,24H,7-8,11,16-18H2,1-3H3;6-9,12,15,18H,3-5,10-11H2,1-2H3;(H,6,7);1H/t19-,20?,24-;12-,15-;;/m11../s1. The van der Waals surface area contributed by atoms with E-state index in [0.717, 1.165) is 68.5 Å². The first-order valence-electron chi connectivity index (χ1n) is 19.9. The fourth-order valence-corrected chi connectivity index (χ4v) is 7.03. The van der Waals surface area contributed by atoms with Crippen LogP contribution in [-0.2, 0) is 23.9 Å². The lowest BCUT2D eigenvalue weighted by Crippen LogP contribution is -2.51. The van der Waals surface area contributed by atoms with E-state index >= 15 is 0 Å². The molecule has 1 unspecified atom stereocenters. The average molecular weight is 863 g/mol. The number of halogens is 4. The summed E-state index contributed by atoms with van der Waals surface area (Å²) in [6.07, 6.45) is 2.29. The van der Waals surface area contributed by atoms with Gasteiger partial charge in [0.2, 0.25) is 0 Å². The van der Waals surface area contributed by atoms with Gasteiger partial charge in [0.15, 0.2) is 5.78 Å². The van der Waals surface area contributed by atoms with Gasteiger partial charge in [-0.2, -0.15) is 13.2 Å². The fourth-order valence-electron chi connectivity index (χ4n) is 7.03. The number of rotatable bonds is 14. The monoisotopic (exact) mass is 862 g/mol. The first kappa shape index (κ1) is 51.4. The molecule has 2 saturated heterocycles. The second-order valence-corrected chi connectivity index (χ2v) is 14.9. The van der Waals surface area contributed by atoms with Gasteiger partial charge in [0.25, 0.3) is 0 Å². The zero-order chi connectivity index (χ0) is 43.5. The molecule has 5 rings (SSSR count). The van der Waals surface area contributed by atoms with E-state index in [2.05, 4.69) is 28.8 Å². The van der Waals surface area contributed by atoms with E-state index in [0.29, 0.717) is 36.4 Å². The van der Waals surface area contributed by atoms with Crippen LogP contribution in [0.25, 0.3) is 0 Å². The van der Waals surface area contributed by atoms with Gasteiger partial charge in [-0.3, -0.25) is 14.5 Å². The first-order chi connectivity index (χ1) is 28.0. The molecule has 330 valence electrons. The number of Topliss-reactive ketones (excluding diaryl/α,β-unsaturated/α-hetero) is 2. The number of hydrogen-bond acceptors (Lipinski definition) is 10. The number of hydrogen-bond donors (Lipinski definition) is 2. The number of carbonyl (C=O) groups is 5. The summed E-state index contributed by atoms with van der Waals surface area (Å²) in [6.45, 7) is 8.70. The van der Waals surface area contributed by atoms with Crippen LogP contribution in [0.4, 0.5) is 13.2 Å². The van der Waals surface area contributed by atoms with Crippen molar-refractivity contribution in [3.63, 3.8) is 0 Å². The molecule has 3 aromatic rings. The maximum atomic E-state index is 13.2. The van der Waals surface area contributed by atoms with Crippen LogP contribution in [0.2, 0.25) is 0 Å². The van der Waals surface area contributed by atoms with Crippen LogP contribution in [0.1, 0.15) is 116 Å². The van der Waals surface area contributed by atoms with Gasteiger partial charge in [-0.1, -0.05) is 69.2 Å². The third-order valence-corrected chi connectivity index (χ3v) is 10.5. The normalized spacial score (nSPS) is 17.9. The SMILES string of the molecule is COC(=O)c1ccc([C@H](C)CC(=O)[C@H]2CCCCN2)cc1.COC(=O)c1ccc([C@H](C)CC(=O)[C@H]2CCCCN2C(C)COc2ccccc2)cc1.Cl.O=C(O)C(F)(F)F. The second-order valence-electron chi connectivity index (χ2n) is 14.9. The van der Waals surface area contributed by atoms with E-state index in [1.165, 1.54) is 14.2 Å². The summed E-state index contributed by atoms with van der Waals surface area (Å²) < 4.78 is 47.1. The number of esters is 2. The van der Waals surface area contributed by atoms with Crippen molar-refractivity contribution >= 4 is 41.9 Å². The summed E-state index contributed by atoms with van der Waals surface area (Å²) >= 11 is 0. The Kier molecular flexibility index (Phi) is 22.0. The molecule has 2 N–H and O–H groups in total. The smallest absolute Gasteiger partial charge is 0.490 e. The van der Waals surface area contributed by atoms with E-state index in [-0.39, 0.29) is 60.1 Å². The number of aliphatic carboxylic acids is 1. The molecule has 0 bridgehead atoms. The van der Waals surface area contributed by atoms with Gasteiger partial charge in [0, 0.05) is 18.9 Å². The van der Waals surface area contributed by atoms with Gasteiger partial charge in [0.05, 0.1) is 37.4 Å². The second kappa shape index (κ2) is 25.7. The third-order valence-electron chi connectivity index (χ3n) is 10.5. The molecular weight excluding hydrogens is 805 g/mol. The molecule has 60 heavy (non-hydrogen) atoms. The number of methoxy groups -OCH3 is 2. The number of carbonyl (C=O) groups excluding carboxylic acids is 4. The van der Waals surface area contributed by atoms with Crippen molar-refractivity contribution in [2.24, 2.45) is 0 Å². The van der Waals surface area contributed by atoms with Crippen molar-refractivity contribution in [1.29, 1.82) is 0 Å². The minimum Gasteiger partial charge on any atom is -0.492 e. The van der Waals surface area contributed by atoms with Crippen molar-refractivity contribution in [3.05, 3.63) is 101 Å². The topological polar surface area (TPSA) is 149 Å². The molecule has 2 heterocycles. The Morgan fingerprint density at radius 3 is 1.67 bits per heavy atom. The number of piperidine rings is 2. The number of alkyl halides is 3. The number of para-hydroxylation sites is 1. The molecule has 15 heteroatoms. The lowest BCUT2D eigenvalue weighted by atomic mass is 9.88. The predicted octanol–water partition coefficient (Wildman–Crippen LogP) is 8.59. The van der Waals surface area contributed by atoms with Crippen molar-refractivity contribution in [3.8, 4) is 5.75 Å². The fraction of sp³-hybridized carbons (Fsp3) is 0.489. The molecule has 2 aliphatic heterocycles. The number of likely N-dealkylation sites (tertiary alicyclic amines) is 1. The van der Waals surface area contributed by atoms with Crippen molar-refractivity contribution in [2.45, 2.75) is 108 Å². The van der Waals surface area contributed by atoms with E-state index in [1.807, 2.05) is 61.5 Å². The van der Waals surface area contributed by atoms with Gasteiger partial charge in [-0.25, -0.2) is 14.4 Å². The third kappa shape index (κ3) is 16.7. The quantitative estimate of drug-likeness (QED) is 0.150. The molecule has 0 aromatic heterocycles. The Bertz CT molecular complexity index is 1790. The molecule has 0 saturated carbocycles. The highest BCUT2D eigenvalue weighted by Crippen LogP contribution is 2.27. The van der Waals surface area contributed by atoms with Crippen LogP contribution in [0.3, 0.4) is 0 Å². The zero-order valence-corrected chi connectivity index (χ0v) is 35.7. The minimum absolute atomic E-state index is 0. The Labute approximate surface area is 356 Å². The number of ether oxygens (including phenoxy) is 3. The number of nitrogens with zero attached hydrogens (tertiary/aromatic N) is 1. The summed E-state index contributed by atoms with van der Waals surface area (Å²) in [5.41, 5.74) is 3.19. The number of nitrogens with one attached hydrogen (secondary N) is 1. The van der Waals surface area contributed by atoms with Crippen LogP contribution >= 0.6 is 12.4 Å². The number of carboxylic acid groups (broad SMARTS) is 1. The van der Waals surface area contributed by atoms with Crippen LogP contribution in [0, 0.1) is 0 Å². The van der Waals surface area contributed by atoms with Gasteiger partial charge >= 0.3 is 24.1 Å². The van der Waals surface area contributed by atoms with E-state index in [4.69, 9.17) is 19.4 Å². The minimum atomic E-state index is -5.08. The Balaban J connectivity index is 0.000000369. The molecule has 2 aliphatic rings. The van der Waals surface area contributed by atoms with Crippen molar-refractivity contribution < 1.29 is 56.5 Å². The highest BCUT2D eigenvalue weighted by Gasteiger charge is 2.38. The lowest BCUT2D eigenvalue weighted by Gasteiger charge is -2.39. The molecule has 5 atom stereocenters. The molecule has 0 aliphatic carbocycles. The van der Waals surface area contributed by atoms with E-state index in [9.17, 15) is 32.3 Å². The number of benzene rings is 3. The highest BCUT2D eigenvalue weighted by molar-refractivity contribution is 5.90. The van der Waals surface area contributed by atoms with Gasteiger partial charge < -0.3 is 24.6 Å². The Morgan fingerprint density at radius 2 is 1.22 bits per heavy atom. The molecule has 0 amide bonds. The Morgan fingerprint density at radius 1 is 0.733 bits per heavy atom. The van der Waals surface area contributed by atoms with E-state index in [1.54, 1.807) is 24.3 Å². The highest BCUT2D eigenvalue weighted by atomic mass is 35.5. The molecule has 11 nitrogen and oxygen atoms in total. The molecule has 3 aromatic carbocycles. The largest absolute Gasteiger partial charge is 0.492 e. The van der Waals surface area contributed by atoms with Crippen LogP contribution < -0.4 is 10.1 Å². The van der Waals surface area contributed by atoms with Crippen LogP contribution in [-0.4, -0.2) is 97.7 Å². The lowest BCUT2D eigenvalue weighted by molar-refractivity contribution is -0.192. The van der Waals surface area contributed by atoms with Crippen LogP contribution in [0.5, 0.6) is 5.75 Å². The van der Waals surface area contributed by atoms with Gasteiger partial charge in [-0.15, -0.1) is 12.4 Å². The summed E-state index contributed by atoms with van der Waals surface area (Å²) in [5, 5.41) is 10.4. The van der Waals surface area contributed by atoms with Gasteiger partial charge in [-0.05, 0) is 105 Å². The predicted molar refractivity (Wildman–Crippen MR) is 224 cm³/mol.